The summed E-state index contributed by atoms with van der Waals surface area (Å²) in [7, 11) is 0. The van der Waals surface area contributed by atoms with Crippen molar-refractivity contribution in [1.82, 2.24) is 0 Å². The molecule has 0 aliphatic heterocycles. The Morgan fingerprint density at radius 2 is 1.90 bits per heavy atom. The molecule has 0 saturated carbocycles. The lowest BCUT2D eigenvalue weighted by Gasteiger charge is -2.09. The molecule has 0 unspecified atom stereocenters. The highest BCUT2D eigenvalue weighted by Crippen LogP contribution is 2.19. The van der Waals surface area contributed by atoms with Crippen molar-refractivity contribution in [1.29, 1.82) is 0 Å². The lowest BCUT2D eigenvalue weighted by molar-refractivity contribution is -0.118. The minimum absolute atomic E-state index is 0.0487. The van der Waals surface area contributed by atoms with Gasteiger partial charge in [0, 0.05) is 4.90 Å². The second-order valence-corrected chi connectivity index (χ2v) is 4.98. The molecule has 0 heterocycles. The first-order valence-electron chi connectivity index (χ1n) is 6.10. The molecule has 0 radical (unpaired) electrons. The number of hydrogen-bond donors (Lipinski definition) is 2. The normalized spacial score (nSPS) is 10.1. The molecule has 0 aromatic heterocycles. The fraction of sp³-hybridized carbons (Fsp3) is 0.133. The third-order valence-corrected chi connectivity index (χ3v) is 3.41. The van der Waals surface area contributed by atoms with Crippen LogP contribution in [0.4, 0.5) is 11.4 Å². The maximum Gasteiger partial charge on any atom is 0.262 e. The number of carbonyl (C=O) groups excluding carboxylic acids is 1. The smallest absolute Gasteiger partial charge is 0.262 e. The van der Waals surface area contributed by atoms with Crippen molar-refractivity contribution in [2.24, 2.45) is 0 Å². The van der Waals surface area contributed by atoms with Gasteiger partial charge in [-0.3, -0.25) is 4.79 Å². The van der Waals surface area contributed by atoms with Gasteiger partial charge in [-0.15, -0.1) is 11.8 Å². The molecule has 0 saturated heterocycles. The molecule has 2 rings (SSSR count). The Kier molecular flexibility index (Phi) is 4.90. The van der Waals surface area contributed by atoms with Gasteiger partial charge in [0.2, 0.25) is 0 Å². The van der Waals surface area contributed by atoms with E-state index in [-0.39, 0.29) is 12.5 Å². The average molecular weight is 288 g/mol. The predicted octanol–water partition coefficient (Wildman–Crippen LogP) is 3.01. The molecular formula is C15H16N2O2S. The number of hydrogen-bond acceptors (Lipinski definition) is 4. The van der Waals surface area contributed by atoms with Gasteiger partial charge >= 0.3 is 0 Å². The molecule has 2 aromatic carbocycles. The monoisotopic (exact) mass is 288 g/mol. The highest BCUT2D eigenvalue weighted by Gasteiger charge is 2.05. The van der Waals surface area contributed by atoms with Gasteiger partial charge < -0.3 is 15.8 Å². The molecule has 2 aromatic rings. The maximum atomic E-state index is 11.8. The van der Waals surface area contributed by atoms with E-state index >= 15 is 0 Å². The Morgan fingerprint density at radius 3 is 2.55 bits per heavy atom. The molecule has 0 atom stereocenters. The summed E-state index contributed by atoms with van der Waals surface area (Å²) in [6, 6.07) is 14.7. The molecule has 20 heavy (non-hydrogen) atoms. The second kappa shape index (κ2) is 6.86. The van der Waals surface area contributed by atoms with Gasteiger partial charge in [0.15, 0.2) is 6.61 Å². The van der Waals surface area contributed by atoms with E-state index in [1.54, 1.807) is 23.9 Å². The molecule has 0 spiro atoms. The van der Waals surface area contributed by atoms with Crippen LogP contribution < -0.4 is 15.8 Å². The van der Waals surface area contributed by atoms with Crippen LogP contribution in [0.2, 0.25) is 0 Å². The number of para-hydroxylation sites is 2. The molecular weight excluding hydrogens is 272 g/mol. The van der Waals surface area contributed by atoms with E-state index in [4.69, 9.17) is 10.5 Å². The van der Waals surface area contributed by atoms with Gasteiger partial charge in [-0.1, -0.05) is 12.1 Å². The molecule has 0 bridgehead atoms. The molecule has 3 N–H and O–H groups in total. The summed E-state index contributed by atoms with van der Waals surface area (Å²) in [6.07, 6.45) is 2.01. The van der Waals surface area contributed by atoms with Crippen molar-refractivity contribution in [3.05, 3.63) is 48.5 Å². The summed E-state index contributed by atoms with van der Waals surface area (Å²) in [6.45, 7) is -0.0487. The summed E-state index contributed by atoms with van der Waals surface area (Å²) in [5.41, 5.74) is 6.88. The summed E-state index contributed by atoms with van der Waals surface area (Å²) in [5.74, 6) is 0.427. The first-order chi connectivity index (χ1) is 9.69. The first-order valence-corrected chi connectivity index (χ1v) is 7.32. The predicted molar refractivity (Wildman–Crippen MR) is 83.2 cm³/mol. The zero-order valence-corrected chi connectivity index (χ0v) is 11.9. The average Bonchev–Trinajstić information content (AvgIpc) is 2.48. The number of thioether (sulfide) groups is 1. The largest absolute Gasteiger partial charge is 0.484 e. The second-order valence-electron chi connectivity index (χ2n) is 4.10. The fourth-order valence-corrected chi connectivity index (χ4v) is 2.03. The molecule has 0 fully saturated rings. The van der Waals surface area contributed by atoms with Crippen molar-refractivity contribution in [3.8, 4) is 5.75 Å². The van der Waals surface area contributed by atoms with Crippen LogP contribution in [0.5, 0.6) is 5.75 Å². The Morgan fingerprint density at radius 1 is 1.20 bits per heavy atom. The van der Waals surface area contributed by atoms with Crippen molar-refractivity contribution in [2.45, 2.75) is 4.90 Å². The zero-order valence-electron chi connectivity index (χ0n) is 11.1. The molecule has 1 amide bonds. The van der Waals surface area contributed by atoms with Crippen LogP contribution in [0.15, 0.2) is 53.4 Å². The molecule has 0 aliphatic carbocycles. The Bertz CT molecular complexity index is 585. The number of nitrogen functional groups attached to an aromatic ring is 1. The van der Waals surface area contributed by atoms with Crippen molar-refractivity contribution >= 4 is 29.0 Å². The highest BCUT2D eigenvalue weighted by molar-refractivity contribution is 7.98. The number of benzene rings is 2. The lowest BCUT2D eigenvalue weighted by Crippen LogP contribution is -2.20. The van der Waals surface area contributed by atoms with Crippen molar-refractivity contribution in [2.75, 3.05) is 23.9 Å². The minimum atomic E-state index is -0.239. The van der Waals surface area contributed by atoms with E-state index in [0.29, 0.717) is 17.1 Å². The molecule has 4 nitrogen and oxygen atoms in total. The van der Waals surface area contributed by atoms with Gasteiger partial charge in [0.1, 0.15) is 5.75 Å². The van der Waals surface area contributed by atoms with Crippen LogP contribution >= 0.6 is 11.8 Å². The highest BCUT2D eigenvalue weighted by atomic mass is 32.2. The Balaban J connectivity index is 1.87. The number of ether oxygens (including phenoxy) is 1. The number of amides is 1. The van der Waals surface area contributed by atoms with Gasteiger partial charge in [-0.05, 0) is 42.7 Å². The van der Waals surface area contributed by atoms with Crippen LogP contribution in [-0.2, 0) is 4.79 Å². The van der Waals surface area contributed by atoms with Crippen LogP contribution in [0.25, 0.3) is 0 Å². The van der Waals surface area contributed by atoms with Crippen LogP contribution in [0.3, 0.4) is 0 Å². The van der Waals surface area contributed by atoms with Crippen LogP contribution in [-0.4, -0.2) is 18.8 Å². The third-order valence-electron chi connectivity index (χ3n) is 2.66. The molecule has 0 aliphatic rings. The topological polar surface area (TPSA) is 64.3 Å². The zero-order chi connectivity index (χ0) is 14.4. The van der Waals surface area contributed by atoms with E-state index < -0.39 is 0 Å². The quantitative estimate of drug-likeness (QED) is 0.655. The number of carbonyl (C=O) groups is 1. The number of nitrogens with one attached hydrogen (secondary N) is 1. The van der Waals surface area contributed by atoms with E-state index in [2.05, 4.69) is 5.32 Å². The van der Waals surface area contributed by atoms with Gasteiger partial charge in [0.05, 0.1) is 11.4 Å². The maximum absolute atomic E-state index is 11.8. The van der Waals surface area contributed by atoms with Crippen molar-refractivity contribution < 1.29 is 9.53 Å². The Labute approximate surface area is 122 Å². The number of rotatable bonds is 5. The molecule has 104 valence electrons. The summed E-state index contributed by atoms with van der Waals surface area (Å²) >= 11 is 1.66. The number of anilines is 2. The fourth-order valence-electron chi connectivity index (χ4n) is 1.62. The van der Waals surface area contributed by atoms with Gasteiger partial charge in [-0.25, -0.2) is 0 Å². The first kappa shape index (κ1) is 14.3. The number of nitrogens with two attached hydrogens (primary N) is 1. The summed E-state index contributed by atoms with van der Waals surface area (Å²) in [4.78, 5) is 12.9. The molecule has 5 heteroatoms. The van der Waals surface area contributed by atoms with Crippen LogP contribution in [0.1, 0.15) is 0 Å². The van der Waals surface area contributed by atoms with E-state index in [0.717, 1.165) is 4.90 Å². The third kappa shape index (κ3) is 3.93. The minimum Gasteiger partial charge on any atom is -0.484 e. The standard InChI is InChI=1S/C15H16N2O2S/c1-20-12-8-6-11(7-9-12)19-10-15(18)17-14-5-3-2-4-13(14)16/h2-9H,10,16H2,1H3,(H,17,18). The SMILES string of the molecule is CSc1ccc(OCC(=O)Nc2ccccc2N)cc1. The van der Waals surface area contributed by atoms with E-state index in [1.165, 1.54) is 0 Å². The van der Waals surface area contributed by atoms with Gasteiger partial charge in [-0.2, -0.15) is 0 Å². The van der Waals surface area contributed by atoms with Crippen molar-refractivity contribution in [3.63, 3.8) is 0 Å². The lowest BCUT2D eigenvalue weighted by atomic mass is 10.3. The van der Waals surface area contributed by atoms with E-state index in [1.807, 2.05) is 42.7 Å². The summed E-state index contributed by atoms with van der Waals surface area (Å²) < 4.78 is 5.42. The van der Waals surface area contributed by atoms with Crippen LogP contribution in [0, 0.1) is 0 Å². The van der Waals surface area contributed by atoms with Gasteiger partial charge in [0.25, 0.3) is 5.91 Å². The van der Waals surface area contributed by atoms with E-state index in [9.17, 15) is 4.79 Å². The Hall–Kier alpha value is -2.14. The summed E-state index contributed by atoms with van der Waals surface area (Å²) in [5, 5.41) is 2.71.